The van der Waals surface area contributed by atoms with Crippen LogP contribution in [0, 0.1) is 0 Å². The number of hydrogen-bond donors (Lipinski definition) is 2. The van der Waals surface area contributed by atoms with Gasteiger partial charge in [0.05, 0.1) is 6.10 Å². The number of Topliss-reactive ketones (excluding diaryl/α,β-unsaturated/α-hetero) is 1. The lowest BCUT2D eigenvalue weighted by molar-refractivity contribution is -0.117. The zero-order valence-corrected chi connectivity index (χ0v) is 15.5. The Labute approximate surface area is 143 Å². The van der Waals surface area contributed by atoms with Gasteiger partial charge in [-0.1, -0.05) is 57.8 Å². The fourth-order valence-corrected chi connectivity index (χ4v) is 3.59. The molecule has 2 N–H and O–H groups in total. The molecule has 1 aliphatic heterocycles. The lowest BCUT2D eigenvalue weighted by Crippen LogP contribution is -2.48. The van der Waals surface area contributed by atoms with Crippen molar-refractivity contribution in [3.63, 3.8) is 0 Å². The molecule has 1 saturated heterocycles. The van der Waals surface area contributed by atoms with Gasteiger partial charge >= 0.3 is 0 Å². The first kappa shape index (κ1) is 20.6. The van der Waals surface area contributed by atoms with Gasteiger partial charge in [0.25, 0.3) is 0 Å². The summed E-state index contributed by atoms with van der Waals surface area (Å²) in [5.74, 6) is 0.332. The quantitative estimate of drug-likeness (QED) is 0.480. The zero-order chi connectivity index (χ0) is 16.9. The molecule has 0 unspecified atom stereocenters. The Bertz CT molecular complexity index is 306. The van der Waals surface area contributed by atoms with Crippen LogP contribution in [0.2, 0.25) is 0 Å². The molecule has 0 bridgehead atoms. The minimum atomic E-state index is -0.145. The second kappa shape index (κ2) is 12.9. The van der Waals surface area contributed by atoms with Gasteiger partial charge in [-0.2, -0.15) is 0 Å². The first-order chi connectivity index (χ1) is 11.1. The maximum absolute atomic E-state index is 10.8. The van der Waals surface area contributed by atoms with Gasteiger partial charge in [-0.05, 0) is 39.5 Å². The largest absolute Gasteiger partial charge is 0.392 e. The predicted octanol–water partition coefficient (Wildman–Crippen LogP) is 4.76. The van der Waals surface area contributed by atoms with Crippen molar-refractivity contribution in [2.45, 2.75) is 122 Å². The third-order valence-corrected chi connectivity index (χ3v) is 5.22. The van der Waals surface area contributed by atoms with E-state index in [1.54, 1.807) is 6.92 Å². The van der Waals surface area contributed by atoms with E-state index in [-0.39, 0.29) is 12.1 Å². The number of ketones is 1. The average Bonchev–Trinajstić information content (AvgIpc) is 2.51. The van der Waals surface area contributed by atoms with Crippen LogP contribution in [0.25, 0.3) is 0 Å². The Kier molecular flexibility index (Phi) is 11.6. The third-order valence-electron chi connectivity index (χ3n) is 5.22. The van der Waals surface area contributed by atoms with Crippen LogP contribution in [-0.2, 0) is 4.79 Å². The molecule has 0 spiro atoms. The average molecular weight is 326 g/mol. The van der Waals surface area contributed by atoms with Gasteiger partial charge in [0.2, 0.25) is 0 Å². The molecular weight excluding hydrogens is 286 g/mol. The number of rotatable bonds is 13. The standard InChI is InChI=1S/C20H39NO2/c1-17(22)13-11-9-7-5-3-4-6-8-10-12-14-19-15-16-20(23)18(2)21-19/h18-21,23H,3-16H2,1-2H3/t18-,19-,20-/m1/s1. The Balaban J connectivity index is 1.79. The van der Waals surface area contributed by atoms with E-state index in [9.17, 15) is 9.90 Å². The van der Waals surface area contributed by atoms with Gasteiger partial charge < -0.3 is 15.2 Å². The van der Waals surface area contributed by atoms with Crippen molar-refractivity contribution in [2.24, 2.45) is 0 Å². The minimum absolute atomic E-state index is 0.145. The van der Waals surface area contributed by atoms with Gasteiger partial charge in [-0.15, -0.1) is 0 Å². The number of carbonyl (C=O) groups is 1. The molecule has 0 saturated carbocycles. The van der Waals surface area contributed by atoms with E-state index in [0.29, 0.717) is 11.8 Å². The van der Waals surface area contributed by atoms with E-state index in [4.69, 9.17) is 0 Å². The Hall–Kier alpha value is -0.410. The van der Waals surface area contributed by atoms with Crippen LogP contribution >= 0.6 is 0 Å². The van der Waals surface area contributed by atoms with Crippen molar-refractivity contribution < 1.29 is 9.90 Å². The highest BCUT2D eigenvalue weighted by molar-refractivity contribution is 5.75. The van der Waals surface area contributed by atoms with Crippen LogP contribution in [0.5, 0.6) is 0 Å². The zero-order valence-electron chi connectivity index (χ0n) is 15.5. The fraction of sp³-hybridized carbons (Fsp3) is 0.950. The van der Waals surface area contributed by atoms with Crippen LogP contribution in [0.3, 0.4) is 0 Å². The smallest absolute Gasteiger partial charge is 0.129 e. The molecule has 23 heavy (non-hydrogen) atoms. The normalized spacial score (nSPS) is 24.7. The molecule has 1 heterocycles. The van der Waals surface area contributed by atoms with Crippen LogP contribution in [0.4, 0.5) is 0 Å². The molecule has 0 amide bonds. The van der Waals surface area contributed by atoms with Gasteiger partial charge in [0.15, 0.2) is 0 Å². The molecule has 0 aliphatic carbocycles. The lowest BCUT2D eigenvalue weighted by Gasteiger charge is -2.32. The number of piperidine rings is 1. The summed E-state index contributed by atoms with van der Waals surface area (Å²) in [6.07, 6.45) is 17.1. The van der Waals surface area contributed by atoms with E-state index in [1.807, 2.05) is 0 Å². The van der Waals surface area contributed by atoms with Gasteiger partial charge in [-0.25, -0.2) is 0 Å². The SMILES string of the molecule is CC(=O)CCCCCCCCCCCC[C@@H]1CC[C@@H](O)[C@@H](C)N1. The lowest BCUT2D eigenvalue weighted by atomic mass is 9.93. The first-order valence-electron chi connectivity index (χ1n) is 10.0. The van der Waals surface area contributed by atoms with E-state index in [1.165, 1.54) is 64.2 Å². The van der Waals surface area contributed by atoms with Crippen LogP contribution < -0.4 is 5.32 Å². The fourth-order valence-electron chi connectivity index (χ4n) is 3.59. The van der Waals surface area contributed by atoms with E-state index >= 15 is 0 Å². The van der Waals surface area contributed by atoms with Gasteiger partial charge in [0, 0.05) is 18.5 Å². The molecule has 136 valence electrons. The van der Waals surface area contributed by atoms with Crippen molar-refractivity contribution in [3.05, 3.63) is 0 Å². The van der Waals surface area contributed by atoms with Gasteiger partial charge in [-0.3, -0.25) is 0 Å². The topological polar surface area (TPSA) is 49.3 Å². The molecule has 0 aromatic carbocycles. The Morgan fingerprint density at radius 1 is 0.913 bits per heavy atom. The molecule has 3 nitrogen and oxygen atoms in total. The highest BCUT2D eigenvalue weighted by atomic mass is 16.3. The maximum atomic E-state index is 10.8. The number of hydrogen-bond acceptors (Lipinski definition) is 3. The summed E-state index contributed by atoms with van der Waals surface area (Å²) in [5.41, 5.74) is 0. The van der Waals surface area contributed by atoms with Gasteiger partial charge in [0.1, 0.15) is 5.78 Å². The molecular formula is C20H39NO2. The summed E-state index contributed by atoms with van der Waals surface area (Å²) in [4.78, 5) is 10.8. The number of carbonyl (C=O) groups excluding carboxylic acids is 1. The van der Waals surface area contributed by atoms with Crippen LogP contribution in [0.1, 0.15) is 104 Å². The van der Waals surface area contributed by atoms with E-state index in [0.717, 1.165) is 25.7 Å². The Morgan fingerprint density at radius 3 is 1.96 bits per heavy atom. The Morgan fingerprint density at radius 2 is 1.43 bits per heavy atom. The van der Waals surface area contributed by atoms with E-state index in [2.05, 4.69) is 12.2 Å². The van der Waals surface area contributed by atoms with Crippen LogP contribution in [-0.4, -0.2) is 29.1 Å². The van der Waals surface area contributed by atoms with Crippen molar-refractivity contribution in [1.29, 1.82) is 0 Å². The molecule has 0 radical (unpaired) electrons. The number of aliphatic hydroxyl groups excluding tert-OH is 1. The van der Waals surface area contributed by atoms with E-state index < -0.39 is 0 Å². The molecule has 3 heteroatoms. The highest BCUT2D eigenvalue weighted by Crippen LogP contribution is 2.18. The molecule has 1 aliphatic rings. The minimum Gasteiger partial charge on any atom is -0.392 e. The number of nitrogens with one attached hydrogen (secondary N) is 1. The van der Waals surface area contributed by atoms with Crippen LogP contribution in [0.15, 0.2) is 0 Å². The van der Waals surface area contributed by atoms with Crippen molar-refractivity contribution >= 4 is 5.78 Å². The summed E-state index contributed by atoms with van der Waals surface area (Å²) in [5, 5.41) is 13.2. The van der Waals surface area contributed by atoms with Crippen molar-refractivity contribution in [2.75, 3.05) is 0 Å². The number of aliphatic hydroxyl groups is 1. The summed E-state index contributed by atoms with van der Waals surface area (Å²) in [7, 11) is 0. The highest BCUT2D eigenvalue weighted by Gasteiger charge is 2.24. The van der Waals surface area contributed by atoms with Crippen molar-refractivity contribution in [3.8, 4) is 0 Å². The molecule has 0 aromatic heterocycles. The maximum Gasteiger partial charge on any atom is 0.129 e. The molecule has 1 fully saturated rings. The summed E-state index contributed by atoms with van der Waals surface area (Å²) in [6, 6.07) is 0.896. The second-order valence-electron chi connectivity index (χ2n) is 7.57. The first-order valence-corrected chi connectivity index (χ1v) is 10.0. The summed E-state index contributed by atoms with van der Waals surface area (Å²) >= 11 is 0. The third kappa shape index (κ3) is 10.9. The molecule has 3 atom stereocenters. The molecule has 0 aromatic rings. The molecule has 1 rings (SSSR count). The monoisotopic (exact) mass is 325 g/mol. The summed E-state index contributed by atoms with van der Waals surface area (Å²) in [6.45, 7) is 3.78. The number of unbranched alkanes of at least 4 members (excludes halogenated alkanes) is 9. The van der Waals surface area contributed by atoms with Crippen molar-refractivity contribution in [1.82, 2.24) is 5.32 Å². The summed E-state index contributed by atoms with van der Waals surface area (Å²) < 4.78 is 0. The predicted molar refractivity (Wildman–Crippen MR) is 97.7 cm³/mol. The second-order valence-corrected chi connectivity index (χ2v) is 7.57.